The van der Waals surface area contributed by atoms with Gasteiger partial charge >= 0.3 is 6.61 Å². The lowest BCUT2D eigenvalue weighted by Crippen LogP contribution is -2.56. The number of benzene rings is 1. The zero-order valence-electron chi connectivity index (χ0n) is 12.4. The Kier molecular flexibility index (Phi) is 5.76. The second-order valence-corrected chi connectivity index (χ2v) is 5.15. The first kappa shape index (κ1) is 16.0. The second-order valence-electron chi connectivity index (χ2n) is 5.15. The zero-order chi connectivity index (χ0) is 15.2. The summed E-state index contributed by atoms with van der Waals surface area (Å²) in [6.07, 6.45) is 1.08. The van der Waals surface area contributed by atoms with Crippen molar-refractivity contribution in [2.45, 2.75) is 32.5 Å². The summed E-state index contributed by atoms with van der Waals surface area (Å²) >= 11 is 0. The molecule has 0 amide bonds. The molecule has 118 valence electrons. The number of hydrogen-bond donors (Lipinski definition) is 1. The van der Waals surface area contributed by atoms with Crippen LogP contribution in [0.2, 0.25) is 0 Å². The fraction of sp³-hybridized carbons (Fsp3) is 0.600. The van der Waals surface area contributed by atoms with Gasteiger partial charge in [-0.15, -0.1) is 0 Å². The molecule has 1 aliphatic heterocycles. The molecule has 2 rings (SSSR count). The summed E-state index contributed by atoms with van der Waals surface area (Å²) in [6, 6.07) is 5.68. The number of alkyl halides is 2. The third kappa shape index (κ3) is 4.28. The molecule has 1 fully saturated rings. The van der Waals surface area contributed by atoms with E-state index in [1.165, 1.54) is 7.11 Å². The van der Waals surface area contributed by atoms with E-state index in [0.29, 0.717) is 11.8 Å². The molecular formula is C15H22F2N2O2. The SMILES string of the molecule is CCCN(Cc1ccc(OC(F)F)c(OC)c1)C1CNC1. The fourth-order valence-corrected chi connectivity index (χ4v) is 2.45. The predicted octanol–water partition coefficient (Wildman–Crippen LogP) is 2.48. The monoisotopic (exact) mass is 300 g/mol. The van der Waals surface area contributed by atoms with E-state index in [-0.39, 0.29) is 5.75 Å². The van der Waals surface area contributed by atoms with Gasteiger partial charge in [0.05, 0.1) is 7.11 Å². The molecule has 1 N–H and O–H groups in total. The van der Waals surface area contributed by atoms with Gasteiger partial charge in [0.25, 0.3) is 0 Å². The molecule has 0 atom stereocenters. The smallest absolute Gasteiger partial charge is 0.387 e. The lowest BCUT2D eigenvalue weighted by molar-refractivity contribution is -0.0512. The summed E-state index contributed by atoms with van der Waals surface area (Å²) < 4.78 is 34.2. The molecule has 0 spiro atoms. The van der Waals surface area contributed by atoms with Crippen LogP contribution in [0, 0.1) is 0 Å². The summed E-state index contributed by atoms with van der Waals surface area (Å²) in [5.74, 6) is 0.416. The van der Waals surface area contributed by atoms with Crippen LogP contribution in [0.5, 0.6) is 11.5 Å². The van der Waals surface area contributed by atoms with Gasteiger partial charge in [0.15, 0.2) is 11.5 Å². The Balaban J connectivity index is 2.08. The first-order valence-electron chi connectivity index (χ1n) is 7.20. The van der Waals surface area contributed by atoms with E-state index >= 15 is 0 Å². The van der Waals surface area contributed by atoms with Crippen molar-refractivity contribution in [3.05, 3.63) is 23.8 Å². The molecule has 0 unspecified atom stereocenters. The van der Waals surface area contributed by atoms with Gasteiger partial charge in [0, 0.05) is 25.7 Å². The van der Waals surface area contributed by atoms with Crippen LogP contribution in [-0.2, 0) is 6.54 Å². The van der Waals surface area contributed by atoms with E-state index in [1.807, 2.05) is 6.07 Å². The van der Waals surface area contributed by atoms with E-state index in [1.54, 1.807) is 12.1 Å². The molecule has 4 nitrogen and oxygen atoms in total. The van der Waals surface area contributed by atoms with E-state index in [2.05, 4.69) is 21.9 Å². The number of methoxy groups -OCH3 is 1. The third-order valence-electron chi connectivity index (χ3n) is 3.62. The van der Waals surface area contributed by atoms with Gasteiger partial charge in [-0.1, -0.05) is 13.0 Å². The summed E-state index contributed by atoms with van der Waals surface area (Å²) in [5.41, 5.74) is 1.04. The highest BCUT2D eigenvalue weighted by molar-refractivity contribution is 5.43. The number of nitrogens with zero attached hydrogens (tertiary/aromatic N) is 1. The molecule has 1 saturated heterocycles. The summed E-state index contributed by atoms with van der Waals surface area (Å²) in [6.45, 7) is 3.12. The van der Waals surface area contributed by atoms with E-state index in [0.717, 1.165) is 38.2 Å². The van der Waals surface area contributed by atoms with Crippen molar-refractivity contribution in [2.24, 2.45) is 0 Å². The Hall–Kier alpha value is -1.40. The van der Waals surface area contributed by atoms with Crippen LogP contribution in [0.4, 0.5) is 8.78 Å². The third-order valence-corrected chi connectivity index (χ3v) is 3.62. The van der Waals surface area contributed by atoms with Gasteiger partial charge in [-0.25, -0.2) is 0 Å². The summed E-state index contributed by atoms with van der Waals surface area (Å²) in [7, 11) is 1.46. The molecular weight excluding hydrogens is 278 g/mol. The number of ether oxygens (including phenoxy) is 2. The standard InChI is InChI=1S/C15H22F2N2O2/c1-3-6-19(12-8-18-9-12)10-11-4-5-13(21-15(16)17)14(7-11)20-2/h4-5,7,12,15,18H,3,6,8-10H2,1-2H3. The molecule has 1 aliphatic rings. The van der Waals surface area contributed by atoms with Crippen molar-refractivity contribution >= 4 is 0 Å². The van der Waals surface area contributed by atoms with Gasteiger partial charge in [-0.05, 0) is 30.7 Å². The normalized spacial score (nSPS) is 15.3. The van der Waals surface area contributed by atoms with Crippen molar-refractivity contribution in [1.82, 2.24) is 10.2 Å². The number of hydrogen-bond acceptors (Lipinski definition) is 4. The second kappa shape index (κ2) is 7.56. The van der Waals surface area contributed by atoms with Gasteiger partial charge < -0.3 is 14.8 Å². The maximum atomic E-state index is 12.3. The molecule has 0 saturated carbocycles. The molecule has 1 aromatic rings. The molecule has 1 heterocycles. The van der Waals surface area contributed by atoms with Crippen LogP contribution in [0.1, 0.15) is 18.9 Å². The maximum absolute atomic E-state index is 12.3. The lowest BCUT2D eigenvalue weighted by atomic mass is 10.1. The number of rotatable bonds is 8. The van der Waals surface area contributed by atoms with Crippen LogP contribution in [-0.4, -0.2) is 44.3 Å². The molecule has 0 radical (unpaired) electrons. The Bertz CT molecular complexity index is 453. The van der Waals surface area contributed by atoms with Crippen LogP contribution in [0.25, 0.3) is 0 Å². The number of nitrogens with one attached hydrogen (secondary N) is 1. The Morgan fingerprint density at radius 1 is 1.33 bits per heavy atom. The maximum Gasteiger partial charge on any atom is 0.387 e. The minimum Gasteiger partial charge on any atom is -0.493 e. The van der Waals surface area contributed by atoms with E-state index in [4.69, 9.17) is 4.74 Å². The average Bonchev–Trinajstić information content (AvgIpc) is 2.38. The van der Waals surface area contributed by atoms with Crippen LogP contribution in [0.15, 0.2) is 18.2 Å². The van der Waals surface area contributed by atoms with Crippen LogP contribution >= 0.6 is 0 Å². The topological polar surface area (TPSA) is 33.7 Å². The van der Waals surface area contributed by atoms with Crippen molar-refractivity contribution in [2.75, 3.05) is 26.7 Å². The fourth-order valence-electron chi connectivity index (χ4n) is 2.45. The summed E-state index contributed by atoms with van der Waals surface area (Å²) in [5, 5.41) is 3.27. The molecule has 21 heavy (non-hydrogen) atoms. The highest BCUT2D eigenvalue weighted by Crippen LogP contribution is 2.30. The Morgan fingerprint density at radius 2 is 2.10 bits per heavy atom. The quantitative estimate of drug-likeness (QED) is 0.800. The molecule has 6 heteroatoms. The van der Waals surface area contributed by atoms with E-state index < -0.39 is 6.61 Å². The van der Waals surface area contributed by atoms with Crippen LogP contribution < -0.4 is 14.8 Å². The minimum atomic E-state index is -2.85. The molecule has 1 aromatic carbocycles. The van der Waals surface area contributed by atoms with Crippen molar-refractivity contribution in [1.29, 1.82) is 0 Å². The lowest BCUT2D eigenvalue weighted by Gasteiger charge is -2.38. The van der Waals surface area contributed by atoms with Gasteiger partial charge in [-0.3, -0.25) is 4.90 Å². The highest BCUT2D eigenvalue weighted by Gasteiger charge is 2.24. The molecule has 0 aromatic heterocycles. The summed E-state index contributed by atoms with van der Waals surface area (Å²) in [4.78, 5) is 2.40. The first-order valence-corrected chi connectivity index (χ1v) is 7.20. The van der Waals surface area contributed by atoms with Gasteiger partial charge in [0.1, 0.15) is 0 Å². The Morgan fingerprint density at radius 3 is 2.62 bits per heavy atom. The first-order chi connectivity index (χ1) is 10.1. The Labute approximate surface area is 124 Å². The van der Waals surface area contributed by atoms with Crippen LogP contribution in [0.3, 0.4) is 0 Å². The van der Waals surface area contributed by atoms with Gasteiger partial charge in [-0.2, -0.15) is 8.78 Å². The number of halogens is 2. The molecule has 0 aliphatic carbocycles. The zero-order valence-corrected chi connectivity index (χ0v) is 12.4. The average molecular weight is 300 g/mol. The van der Waals surface area contributed by atoms with E-state index in [9.17, 15) is 8.78 Å². The van der Waals surface area contributed by atoms with Crippen molar-refractivity contribution < 1.29 is 18.3 Å². The van der Waals surface area contributed by atoms with Crippen molar-refractivity contribution in [3.63, 3.8) is 0 Å². The molecule has 0 bridgehead atoms. The highest BCUT2D eigenvalue weighted by atomic mass is 19.3. The van der Waals surface area contributed by atoms with Crippen molar-refractivity contribution in [3.8, 4) is 11.5 Å². The predicted molar refractivity (Wildman–Crippen MR) is 77.0 cm³/mol. The minimum absolute atomic E-state index is 0.0728. The largest absolute Gasteiger partial charge is 0.493 e. The van der Waals surface area contributed by atoms with Gasteiger partial charge in [0.2, 0.25) is 0 Å².